The van der Waals surface area contributed by atoms with E-state index in [9.17, 15) is 4.79 Å². The van der Waals surface area contributed by atoms with Crippen molar-refractivity contribution in [1.29, 1.82) is 0 Å². The average Bonchev–Trinajstić information content (AvgIpc) is 2.64. The van der Waals surface area contributed by atoms with Gasteiger partial charge in [-0.15, -0.1) is 0 Å². The van der Waals surface area contributed by atoms with E-state index in [1.165, 1.54) is 0 Å². The van der Waals surface area contributed by atoms with E-state index in [1.807, 2.05) is 37.3 Å². The quantitative estimate of drug-likeness (QED) is 0.590. The standard InChI is InChI=1S/C20H17Cl2N3O/c1-13-2-11-18(23-12-13)20(26)25-19(14-3-5-15(21)6-4-14)24-17-9-7-16(22)8-10-17/h2-12,19,24H,1H3,(H,25,26). The second kappa shape index (κ2) is 8.21. The first kappa shape index (κ1) is 18.2. The van der Waals surface area contributed by atoms with Gasteiger partial charge in [0.05, 0.1) is 0 Å². The average molecular weight is 386 g/mol. The van der Waals surface area contributed by atoms with Crippen LogP contribution in [0.25, 0.3) is 0 Å². The summed E-state index contributed by atoms with van der Waals surface area (Å²) >= 11 is 11.9. The van der Waals surface area contributed by atoms with Crippen LogP contribution in [0.15, 0.2) is 66.9 Å². The Balaban J connectivity index is 1.84. The van der Waals surface area contributed by atoms with E-state index in [-0.39, 0.29) is 5.91 Å². The summed E-state index contributed by atoms with van der Waals surface area (Å²) in [6.45, 7) is 1.92. The fraction of sp³-hybridized carbons (Fsp3) is 0.100. The molecule has 0 spiro atoms. The van der Waals surface area contributed by atoms with Crippen molar-refractivity contribution in [2.24, 2.45) is 0 Å². The molecule has 1 heterocycles. The molecule has 0 aliphatic heterocycles. The van der Waals surface area contributed by atoms with Gasteiger partial charge >= 0.3 is 0 Å². The van der Waals surface area contributed by atoms with Gasteiger partial charge in [-0.05, 0) is 60.5 Å². The molecule has 6 heteroatoms. The highest BCUT2D eigenvalue weighted by molar-refractivity contribution is 6.30. The van der Waals surface area contributed by atoms with Gasteiger partial charge in [0.2, 0.25) is 0 Å². The number of hydrogen-bond donors (Lipinski definition) is 2. The molecule has 2 N–H and O–H groups in total. The number of hydrogen-bond acceptors (Lipinski definition) is 3. The molecule has 4 nitrogen and oxygen atoms in total. The normalized spacial score (nSPS) is 11.7. The Morgan fingerprint density at radius 3 is 2.12 bits per heavy atom. The number of carbonyl (C=O) groups excluding carboxylic acids is 1. The second-order valence-corrected chi connectivity index (χ2v) is 6.70. The highest BCUT2D eigenvalue weighted by Crippen LogP contribution is 2.21. The zero-order valence-electron chi connectivity index (χ0n) is 14.0. The molecular formula is C20H17Cl2N3O. The summed E-state index contributed by atoms with van der Waals surface area (Å²) in [5.74, 6) is -0.272. The summed E-state index contributed by atoms with van der Waals surface area (Å²) in [6, 6.07) is 18.1. The topological polar surface area (TPSA) is 54.0 Å². The van der Waals surface area contributed by atoms with Crippen LogP contribution in [0.1, 0.15) is 27.8 Å². The van der Waals surface area contributed by atoms with Crippen molar-refractivity contribution in [3.8, 4) is 0 Å². The van der Waals surface area contributed by atoms with Crippen molar-refractivity contribution in [3.05, 3.63) is 93.7 Å². The van der Waals surface area contributed by atoms with Crippen LogP contribution >= 0.6 is 23.2 Å². The third-order valence-corrected chi connectivity index (χ3v) is 4.28. The van der Waals surface area contributed by atoms with E-state index in [2.05, 4.69) is 15.6 Å². The summed E-state index contributed by atoms with van der Waals surface area (Å²) in [4.78, 5) is 16.8. The fourth-order valence-corrected chi connectivity index (χ4v) is 2.63. The number of benzene rings is 2. The molecular weight excluding hydrogens is 369 g/mol. The number of halogens is 2. The predicted octanol–water partition coefficient (Wildman–Crippen LogP) is 5.24. The molecule has 1 amide bonds. The maximum absolute atomic E-state index is 12.6. The molecule has 0 bridgehead atoms. The van der Waals surface area contributed by atoms with Gasteiger partial charge < -0.3 is 10.6 Å². The molecule has 1 atom stereocenters. The lowest BCUT2D eigenvalue weighted by Crippen LogP contribution is -2.34. The van der Waals surface area contributed by atoms with Crippen molar-refractivity contribution in [2.45, 2.75) is 13.1 Å². The number of nitrogens with one attached hydrogen (secondary N) is 2. The number of aryl methyl sites for hydroxylation is 1. The van der Waals surface area contributed by atoms with Gasteiger partial charge in [-0.2, -0.15) is 0 Å². The van der Waals surface area contributed by atoms with Crippen molar-refractivity contribution < 1.29 is 4.79 Å². The first-order chi connectivity index (χ1) is 12.5. The van der Waals surface area contributed by atoms with Crippen molar-refractivity contribution in [2.75, 3.05) is 5.32 Å². The van der Waals surface area contributed by atoms with E-state index < -0.39 is 6.17 Å². The molecule has 26 heavy (non-hydrogen) atoms. The van der Waals surface area contributed by atoms with Crippen LogP contribution in [0.4, 0.5) is 5.69 Å². The number of amides is 1. The van der Waals surface area contributed by atoms with Crippen LogP contribution < -0.4 is 10.6 Å². The number of nitrogens with zero attached hydrogens (tertiary/aromatic N) is 1. The maximum Gasteiger partial charge on any atom is 0.271 e. The number of aromatic nitrogens is 1. The number of rotatable bonds is 5. The molecule has 0 aliphatic carbocycles. The monoisotopic (exact) mass is 385 g/mol. The van der Waals surface area contributed by atoms with Crippen LogP contribution in [0, 0.1) is 6.92 Å². The summed E-state index contributed by atoms with van der Waals surface area (Å²) in [6.07, 6.45) is 1.21. The number of pyridine rings is 1. The van der Waals surface area contributed by atoms with E-state index in [1.54, 1.807) is 36.5 Å². The van der Waals surface area contributed by atoms with Crippen molar-refractivity contribution in [3.63, 3.8) is 0 Å². The Morgan fingerprint density at radius 1 is 0.923 bits per heavy atom. The molecule has 1 aromatic heterocycles. The third-order valence-electron chi connectivity index (χ3n) is 3.78. The van der Waals surface area contributed by atoms with Crippen LogP contribution in [0.2, 0.25) is 10.0 Å². The van der Waals surface area contributed by atoms with Gasteiger partial charge in [0.1, 0.15) is 11.9 Å². The lowest BCUT2D eigenvalue weighted by Gasteiger charge is -2.22. The lowest BCUT2D eigenvalue weighted by atomic mass is 10.1. The van der Waals surface area contributed by atoms with Gasteiger partial charge in [0, 0.05) is 21.9 Å². The molecule has 1 unspecified atom stereocenters. The molecule has 3 aromatic rings. The first-order valence-electron chi connectivity index (χ1n) is 8.02. The first-order valence-corrected chi connectivity index (χ1v) is 8.78. The Morgan fingerprint density at radius 2 is 1.54 bits per heavy atom. The van der Waals surface area contributed by atoms with Crippen molar-refractivity contribution in [1.82, 2.24) is 10.3 Å². The highest BCUT2D eigenvalue weighted by atomic mass is 35.5. The minimum absolute atomic E-state index is 0.272. The zero-order valence-corrected chi connectivity index (χ0v) is 15.6. The minimum Gasteiger partial charge on any atom is -0.362 e. The summed E-state index contributed by atoms with van der Waals surface area (Å²) in [5.41, 5.74) is 3.04. The number of anilines is 1. The van der Waals surface area contributed by atoms with Gasteiger partial charge in [-0.25, -0.2) is 0 Å². The highest BCUT2D eigenvalue weighted by Gasteiger charge is 2.16. The van der Waals surface area contributed by atoms with Crippen molar-refractivity contribution >= 4 is 34.8 Å². The van der Waals surface area contributed by atoms with Crippen LogP contribution in [-0.4, -0.2) is 10.9 Å². The van der Waals surface area contributed by atoms with E-state index in [0.29, 0.717) is 15.7 Å². The van der Waals surface area contributed by atoms with E-state index in [4.69, 9.17) is 23.2 Å². The third kappa shape index (κ3) is 4.75. The molecule has 3 rings (SSSR count). The predicted molar refractivity (Wildman–Crippen MR) is 106 cm³/mol. The molecule has 0 saturated heterocycles. The van der Waals surface area contributed by atoms with Crippen LogP contribution in [0.5, 0.6) is 0 Å². The Hall–Kier alpha value is -2.56. The summed E-state index contributed by atoms with van der Waals surface area (Å²) < 4.78 is 0. The fourth-order valence-electron chi connectivity index (χ4n) is 2.38. The lowest BCUT2D eigenvalue weighted by molar-refractivity contribution is 0.0936. The second-order valence-electron chi connectivity index (χ2n) is 5.83. The molecule has 0 fully saturated rings. The molecule has 0 saturated carbocycles. The van der Waals surface area contributed by atoms with Gasteiger partial charge in [-0.3, -0.25) is 9.78 Å². The Kier molecular flexibility index (Phi) is 5.76. The SMILES string of the molecule is Cc1ccc(C(=O)NC(Nc2ccc(Cl)cc2)c2ccc(Cl)cc2)nc1. The van der Waals surface area contributed by atoms with E-state index >= 15 is 0 Å². The van der Waals surface area contributed by atoms with Gasteiger partial charge in [-0.1, -0.05) is 41.4 Å². The Labute approximate surface area is 162 Å². The van der Waals surface area contributed by atoms with Gasteiger partial charge in [0.15, 0.2) is 0 Å². The largest absolute Gasteiger partial charge is 0.362 e. The minimum atomic E-state index is -0.455. The zero-order chi connectivity index (χ0) is 18.5. The van der Waals surface area contributed by atoms with Gasteiger partial charge in [0.25, 0.3) is 5.91 Å². The molecule has 0 aliphatic rings. The summed E-state index contributed by atoms with van der Waals surface area (Å²) in [5, 5.41) is 7.53. The smallest absolute Gasteiger partial charge is 0.271 e. The van der Waals surface area contributed by atoms with E-state index in [0.717, 1.165) is 16.8 Å². The maximum atomic E-state index is 12.6. The van der Waals surface area contributed by atoms with Crippen LogP contribution in [0.3, 0.4) is 0 Å². The Bertz CT molecular complexity index is 878. The molecule has 0 radical (unpaired) electrons. The van der Waals surface area contributed by atoms with Crippen LogP contribution in [-0.2, 0) is 0 Å². The summed E-state index contributed by atoms with van der Waals surface area (Å²) in [7, 11) is 0. The molecule has 132 valence electrons. The molecule has 2 aromatic carbocycles. The number of carbonyl (C=O) groups is 1.